The molecule has 1 amide bonds. The van der Waals surface area contributed by atoms with E-state index in [1.54, 1.807) is 12.1 Å². The lowest BCUT2D eigenvalue weighted by molar-refractivity contribution is -0.131. The SMILES string of the molecule is CC(C)OCc1ncn2c1CN(C(=O)Cc1ccc(F)cc1)CCC2. The van der Waals surface area contributed by atoms with Gasteiger partial charge >= 0.3 is 0 Å². The average molecular weight is 345 g/mol. The summed E-state index contributed by atoms with van der Waals surface area (Å²) in [5, 5.41) is 0. The van der Waals surface area contributed by atoms with Gasteiger partial charge in [-0.05, 0) is 38.0 Å². The highest BCUT2D eigenvalue weighted by molar-refractivity contribution is 5.78. The van der Waals surface area contributed by atoms with Gasteiger partial charge in [0.1, 0.15) is 5.82 Å². The number of amides is 1. The molecular formula is C19H24FN3O2. The van der Waals surface area contributed by atoms with Gasteiger partial charge in [0.05, 0.1) is 43.4 Å². The van der Waals surface area contributed by atoms with E-state index in [9.17, 15) is 9.18 Å². The van der Waals surface area contributed by atoms with E-state index in [-0.39, 0.29) is 24.2 Å². The van der Waals surface area contributed by atoms with Crippen LogP contribution in [0.25, 0.3) is 0 Å². The Morgan fingerprint density at radius 1 is 1.28 bits per heavy atom. The number of ether oxygens (including phenoxy) is 1. The molecular weight excluding hydrogens is 321 g/mol. The van der Waals surface area contributed by atoms with Gasteiger partial charge in [0.15, 0.2) is 0 Å². The Bertz CT molecular complexity index is 725. The van der Waals surface area contributed by atoms with Crippen molar-refractivity contribution in [3.05, 3.63) is 53.4 Å². The molecule has 0 unspecified atom stereocenters. The molecule has 1 aliphatic rings. The van der Waals surface area contributed by atoms with E-state index in [2.05, 4.69) is 9.55 Å². The Kier molecular flexibility index (Phi) is 5.48. The van der Waals surface area contributed by atoms with Crippen molar-refractivity contribution in [1.82, 2.24) is 14.5 Å². The molecule has 6 heteroatoms. The van der Waals surface area contributed by atoms with Crippen molar-refractivity contribution in [2.24, 2.45) is 0 Å². The van der Waals surface area contributed by atoms with Crippen LogP contribution in [-0.4, -0.2) is 33.0 Å². The third kappa shape index (κ3) is 4.45. The zero-order valence-electron chi connectivity index (χ0n) is 14.7. The van der Waals surface area contributed by atoms with Crippen molar-refractivity contribution >= 4 is 5.91 Å². The molecule has 5 nitrogen and oxygen atoms in total. The van der Waals surface area contributed by atoms with E-state index in [0.29, 0.717) is 19.7 Å². The second kappa shape index (κ2) is 7.78. The molecule has 2 aromatic rings. The molecule has 0 spiro atoms. The monoisotopic (exact) mass is 345 g/mol. The maximum Gasteiger partial charge on any atom is 0.227 e. The fraction of sp³-hybridized carbons (Fsp3) is 0.474. The molecule has 0 radical (unpaired) electrons. The molecule has 0 aliphatic carbocycles. The summed E-state index contributed by atoms with van der Waals surface area (Å²) >= 11 is 0. The Balaban J connectivity index is 1.70. The van der Waals surface area contributed by atoms with Crippen LogP contribution in [0, 0.1) is 5.82 Å². The number of benzene rings is 1. The minimum Gasteiger partial charge on any atom is -0.372 e. The number of aromatic nitrogens is 2. The first kappa shape index (κ1) is 17.6. The summed E-state index contributed by atoms with van der Waals surface area (Å²) in [4.78, 5) is 19.0. The summed E-state index contributed by atoms with van der Waals surface area (Å²) < 4.78 is 20.8. The van der Waals surface area contributed by atoms with Crippen LogP contribution in [0.5, 0.6) is 0 Å². The summed E-state index contributed by atoms with van der Waals surface area (Å²) in [6.07, 6.45) is 3.15. The van der Waals surface area contributed by atoms with E-state index >= 15 is 0 Å². The van der Waals surface area contributed by atoms with Crippen molar-refractivity contribution < 1.29 is 13.9 Å². The molecule has 0 saturated carbocycles. The van der Waals surface area contributed by atoms with E-state index in [1.807, 2.05) is 25.1 Å². The molecule has 1 aliphatic heterocycles. The fourth-order valence-electron chi connectivity index (χ4n) is 2.98. The number of nitrogens with zero attached hydrogens (tertiary/aromatic N) is 3. The van der Waals surface area contributed by atoms with Gasteiger partial charge in [0, 0.05) is 13.1 Å². The molecule has 0 atom stereocenters. The zero-order chi connectivity index (χ0) is 17.8. The fourth-order valence-corrected chi connectivity index (χ4v) is 2.98. The summed E-state index contributed by atoms with van der Waals surface area (Å²) in [6, 6.07) is 6.11. The number of rotatable bonds is 5. The second-order valence-electron chi connectivity index (χ2n) is 6.66. The minimum absolute atomic E-state index is 0.0528. The Morgan fingerprint density at radius 3 is 2.76 bits per heavy atom. The van der Waals surface area contributed by atoms with Gasteiger partial charge in [-0.1, -0.05) is 12.1 Å². The van der Waals surface area contributed by atoms with Gasteiger partial charge < -0.3 is 14.2 Å². The van der Waals surface area contributed by atoms with Crippen LogP contribution in [0.3, 0.4) is 0 Å². The highest BCUT2D eigenvalue weighted by atomic mass is 19.1. The number of hydrogen-bond acceptors (Lipinski definition) is 3. The maximum atomic E-state index is 13.0. The molecule has 2 heterocycles. The molecule has 3 rings (SSSR count). The molecule has 0 bridgehead atoms. The maximum absolute atomic E-state index is 13.0. The Hall–Kier alpha value is -2.21. The van der Waals surface area contributed by atoms with Crippen LogP contribution in [0.2, 0.25) is 0 Å². The van der Waals surface area contributed by atoms with Crippen molar-refractivity contribution in [3.8, 4) is 0 Å². The lowest BCUT2D eigenvalue weighted by Crippen LogP contribution is -2.32. The molecule has 134 valence electrons. The van der Waals surface area contributed by atoms with Gasteiger partial charge in [0.2, 0.25) is 5.91 Å². The smallest absolute Gasteiger partial charge is 0.227 e. The van der Waals surface area contributed by atoms with Crippen LogP contribution in [-0.2, 0) is 35.6 Å². The molecule has 0 fully saturated rings. The lowest BCUT2D eigenvalue weighted by atomic mass is 10.1. The van der Waals surface area contributed by atoms with E-state index in [4.69, 9.17) is 4.74 Å². The van der Waals surface area contributed by atoms with E-state index in [0.717, 1.165) is 29.9 Å². The molecule has 0 saturated heterocycles. The molecule has 0 N–H and O–H groups in total. The number of carbonyl (C=O) groups is 1. The standard InChI is InChI=1S/C19H24FN3O2/c1-14(2)25-12-17-18-11-22(8-3-9-23(18)13-21-17)19(24)10-15-4-6-16(20)7-5-15/h4-7,13-14H,3,8-12H2,1-2H3. The van der Waals surface area contributed by atoms with Gasteiger partial charge in [-0.2, -0.15) is 0 Å². The number of imidazole rings is 1. The highest BCUT2D eigenvalue weighted by Crippen LogP contribution is 2.18. The molecule has 25 heavy (non-hydrogen) atoms. The van der Waals surface area contributed by atoms with Gasteiger partial charge in [0.25, 0.3) is 0 Å². The average Bonchev–Trinajstić information content (AvgIpc) is 2.83. The summed E-state index contributed by atoms with van der Waals surface area (Å²) in [5.74, 6) is -0.235. The molecule has 1 aromatic heterocycles. The normalized spacial score (nSPS) is 14.5. The van der Waals surface area contributed by atoms with Gasteiger partial charge in [-0.15, -0.1) is 0 Å². The largest absolute Gasteiger partial charge is 0.372 e. The first-order valence-corrected chi connectivity index (χ1v) is 8.69. The number of halogens is 1. The quantitative estimate of drug-likeness (QED) is 0.837. The van der Waals surface area contributed by atoms with Crippen molar-refractivity contribution in [2.45, 2.75) is 52.5 Å². The van der Waals surface area contributed by atoms with Gasteiger partial charge in [-0.3, -0.25) is 4.79 Å². The summed E-state index contributed by atoms with van der Waals surface area (Å²) in [6.45, 7) is 6.55. The third-order valence-corrected chi connectivity index (χ3v) is 4.38. The first-order chi connectivity index (χ1) is 12.0. The Labute approximate surface area is 147 Å². The van der Waals surface area contributed by atoms with Crippen LogP contribution < -0.4 is 0 Å². The second-order valence-corrected chi connectivity index (χ2v) is 6.66. The topological polar surface area (TPSA) is 47.4 Å². The van der Waals surface area contributed by atoms with E-state index in [1.165, 1.54) is 12.1 Å². The van der Waals surface area contributed by atoms with Crippen LogP contribution in [0.1, 0.15) is 37.2 Å². The van der Waals surface area contributed by atoms with Crippen LogP contribution >= 0.6 is 0 Å². The van der Waals surface area contributed by atoms with Crippen molar-refractivity contribution in [3.63, 3.8) is 0 Å². The summed E-state index contributed by atoms with van der Waals surface area (Å²) in [5.41, 5.74) is 2.77. The van der Waals surface area contributed by atoms with Crippen molar-refractivity contribution in [1.29, 1.82) is 0 Å². The summed E-state index contributed by atoms with van der Waals surface area (Å²) in [7, 11) is 0. The number of carbonyl (C=O) groups excluding carboxylic acids is 1. The number of hydrogen-bond donors (Lipinski definition) is 0. The predicted molar refractivity (Wildman–Crippen MR) is 92.3 cm³/mol. The first-order valence-electron chi connectivity index (χ1n) is 8.69. The van der Waals surface area contributed by atoms with Gasteiger partial charge in [-0.25, -0.2) is 9.37 Å². The van der Waals surface area contributed by atoms with Crippen molar-refractivity contribution in [2.75, 3.05) is 6.54 Å². The minimum atomic E-state index is -0.287. The third-order valence-electron chi connectivity index (χ3n) is 4.38. The number of aryl methyl sites for hydroxylation is 1. The van der Waals surface area contributed by atoms with E-state index < -0.39 is 0 Å². The Morgan fingerprint density at radius 2 is 2.04 bits per heavy atom. The molecule has 1 aromatic carbocycles. The lowest BCUT2D eigenvalue weighted by Gasteiger charge is -2.21. The van der Waals surface area contributed by atoms with Crippen LogP contribution in [0.15, 0.2) is 30.6 Å². The van der Waals surface area contributed by atoms with Crippen LogP contribution in [0.4, 0.5) is 4.39 Å². The predicted octanol–water partition coefficient (Wildman–Crippen LogP) is 2.92. The zero-order valence-corrected chi connectivity index (χ0v) is 14.7. The highest BCUT2D eigenvalue weighted by Gasteiger charge is 2.22. The number of fused-ring (bicyclic) bond motifs is 1.